The van der Waals surface area contributed by atoms with Crippen LogP contribution < -0.4 is 10.4 Å². The molecule has 254 valence electrons. The van der Waals surface area contributed by atoms with Crippen LogP contribution in [0.1, 0.15) is 43.8 Å². The van der Waals surface area contributed by atoms with E-state index in [-0.39, 0.29) is 11.6 Å². The Hall–Kier alpha value is -4.26. The molecule has 0 saturated carbocycles. The first-order chi connectivity index (χ1) is 23.5. The summed E-state index contributed by atoms with van der Waals surface area (Å²) in [6.45, 7) is 11.0. The maximum Gasteiger partial charge on any atom is 0.261 e. The van der Waals surface area contributed by atoms with Crippen LogP contribution in [0.5, 0.6) is 0 Å². The van der Waals surface area contributed by atoms with Crippen LogP contribution in [0.25, 0.3) is 22.9 Å². The van der Waals surface area contributed by atoms with Gasteiger partial charge in [0.1, 0.15) is 10.3 Å². The number of aliphatic hydroxyl groups is 1. The van der Waals surface area contributed by atoms with Crippen molar-refractivity contribution in [2.45, 2.75) is 52.5 Å². The van der Waals surface area contributed by atoms with Gasteiger partial charge in [-0.15, -0.1) is 0 Å². The van der Waals surface area contributed by atoms with Gasteiger partial charge in [-0.1, -0.05) is 115 Å². The van der Waals surface area contributed by atoms with Gasteiger partial charge in [0.05, 0.1) is 29.1 Å². The molecule has 0 aliphatic rings. The van der Waals surface area contributed by atoms with Gasteiger partial charge in [-0.05, 0) is 53.5 Å². The summed E-state index contributed by atoms with van der Waals surface area (Å²) in [5.41, 5.74) is 3.01. The molecule has 6 aromatic rings. The molecule has 0 spiro atoms. The van der Waals surface area contributed by atoms with E-state index in [0.29, 0.717) is 53.2 Å². The fourth-order valence-corrected chi connectivity index (χ4v) is 10.5. The quantitative estimate of drug-likeness (QED) is 0.119. The number of aliphatic hydroxyl groups excluding tert-OH is 1. The standard InChI is InChI=1S/C26H28ClN3O2Si.C10H10ClN3O2/c1-19-22(15-16-23(27)28-19)25-29-24(30-32-25)17-18-31-33(26(2,3)4,20-11-7-5-8-12-20)21-13-9-6-10-14-21;1-6-7(2-3-8(11)12-6)10-13-9(4-5-15)14-16-10/h5-16H,17-18H2,1-4H3;2-3,15H,4-5H2,1H3. The number of aromatic nitrogens is 6. The van der Waals surface area contributed by atoms with E-state index >= 15 is 0 Å². The Kier molecular flexibility index (Phi) is 11.7. The lowest BCUT2D eigenvalue weighted by Crippen LogP contribution is -2.66. The first-order valence-corrected chi connectivity index (χ1v) is 18.5. The molecule has 0 radical (unpaired) electrons. The second-order valence-corrected chi connectivity index (χ2v) is 17.4. The van der Waals surface area contributed by atoms with E-state index < -0.39 is 8.32 Å². The average molecular weight is 718 g/mol. The van der Waals surface area contributed by atoms with Crippen LogP contribution in [-0.4, -0.2) is 56.9 Å². The predicted octanol–water partition coefficient (Wildman–Crippen LogP) is 6.84. The number of aryl methyl sites for hydroxylation is 2. The van der Waals surface area contributed by atoms with Gasteiger partial charge >= 0.3 is 0 Å². The smallest absolute Gasteiger partial charge is 0.261 e. The Morgan fingerprint density at radius 2 is 1.10 bits per heavy atom. The summed E-state index contributed by atoms with van der Waals surface area (Å²) < 4.78 is 17.5. The maximum absolute atomic E-state index is 8.74. The Morgan fingerprint density at radius 1 is 0.653 bits per heavy atom. The first kappa shape index (κ1) is 36.0. The van der Waals surface area contributed by atoms with E-state index in [0.717, 1.165) is 22.5 Å². The molecule has 0 fully saturated rings. The molecule has 0 saturated heterocycles. The maximum atomic E-state index is 8.74. The normalized spacial score (nSPS) is 11.7. The molecule has 2 aromatic carbocycles. The Morgan fingerprint density at radius 3 is 1.51 bits per heavy atom. The van der Waals surface area contributed by atoms with Gasteiger partial charge < -0.3 is 18.6 Å². The molecule has 0 bridgehead atoms. The van der Waals surface area contributed by atoms with E-state index in [1.54, 1.807) is 18.2 Å². The summed E-state index contributed by atoms with van der Waals surface area (Å²) in [5, 5.41) is 19.9. The van der Waals surface area contributed by atoms with E-state index in [4.69, 9.17) is 41.8 Å². The zero-order valence-corrected chi connectivity index (χ0v) is 30.5. The van der Waals surface area contributed by atoms with Crippen LogP contribution in [0.15, 0.2) is 94.0 Å². The lowest BCUT2D eigenvalue weighted by atomic mass is 10.2. The van der Waals surface area contributed by atoms with Crippen molar-refractivity contribution < 1.29 is 18.6 Å². The molecule has 0 amide bonds. The van der Waals surface area contributed by atoms with E-state index in [1.807, 2.05) is 32.0 Å². The lowest BCUT2D eigenvalue weighted by molar-refractivity contribution is 0.293. The van der Waals surface area contributed by atoms with Gasteiger partial charge in [0.15, 0.2) is 11.6 Å². The van der Waals surface area contributed by atoms with Crippen LogP contribution in [0, 0.1) is 13.8 Å². The van der Waals surface area contributed by atoms with Crippen LogP contribution >= 0.6 is 23.2 Å². The molecule has 0 atom stereocenters. The summed E-state index contributed by atoms with van der Waals surface area (Å²) in [6, 6.07) is 28.2. The molecule has 49 heavy (non-hydrogen) atoms. The largest absolute Gasteiger partial charge is 0.407 e. The molecule has 4 aromatic heterocycles. The minimum absolute atomic E-state index is 0.00315. The first-order valence-electron chi connectivity index (χ1n) is 15.8. The fraction of sp³-hybridized carbons (Fsp3) is 0.278. The minimum Gasteiger partial charge on any atom is -0.407 e. The third kappa shape index (κ3) is 8.49. The molecule has 13 heteroatoms. The zero-order chi connectivity index (χ0) is 35.0. The van der Waals surface area contributed by atoms with Crippen molar-refractivity contribution in [3.05, 3.63) is 118 Å². The highest BCUT2D eigenvalue weighted by Crippen LogP contribution is 2.37. The van der Waals surface area contributed by atoms with Gasteiger partial charge in [0.25, 0.3) is 20.1 Å². The van der Waals surface area contributed by atoms with Gasteiger partial charge in [0.2, 0.25) is 0 Å². The zero-order valence-electron chi connectivity index (χ0n) is 28.0. The number of nitrogens with zero attached hydrogens (tertiary/aromatic N) is 6. The van der Waals surface area contributed by atoms with Crippen LogP contribution in [0.4, 0.5) is 0 Å². The molecular weight excluding hydrogens is 679 g/mol. The number of pyridine rings is 2. The van der Waals surface area contributed by atoms with Gasteiger partial charge in [0, 0.05) is 19.4 Å². The van der Waals surface area contributed by atoms with Crippen LogP contribution in [0.2, 0.25) is 15.3 Å². The highest BCUT2D eigenvalue weighted by atomic mass is 35.5. The molecule has 0 aliphatic heterocycles. The summed E-state index contributed by atoms with van der Waals surface area (Å²) >= 11 is 11.7. The second-order valence-electron chi connectivity index (χ2n) is 12.3. The van der Waals surface area contributed by atoms with E-state index in [1.165, 1.54) is 10.4 Å². The van der Waals surface area contributed by atoms with Gasteiger partial charge in [-0.25, -0.2) is 9.97 Å². The molecular formula is C36H38Cl2N6O4Si. The second kappa shape index (κ2) is 16.0. The van der Waals surface area contributed by atoms with Crippen molar-refractivity contribution in [2.75, 3.05) is 13.2 Å². The van der Waals surface area contributed by atoms with Crippen molar-refractivity contribution in [3.63, 3.8) is 0 Å². The summed E-state index contributed by atoms with van der Waals surface area (Å²) in [6.07, 6.45) is 0.928. The molecule has 4 heterocycles. The summed E-state index contributed by atoms with van der Waals surface area (Å²) in [4.78, 5) is 17.1. The van der Waals surface area contributed by atoms with Crippen molar-refractivity contribution >= 4 is 41.9 Å². The monoisotopic (exact) mass is 716 g/mol. The fourth-order valence-electron chi connectivity index (χ4n) is 5.60. The number of hydrogen-bond donors (Lipinski definition) is 1. The molecule has 10 nitrogen and oxygen atoms in total. The van der Waals surface area contributed by atoms with Gasteiger partial charge in [-0.2, -0.15) is 9.97 Å². The highest BCUT2D eigenvalue weighted by molar-refractivity contribution is 6.99. The number of halogens is 2. The highest BCUT2D eigenvalue weighted by Gasteiger charge is 2.50. The van der Waals surface area contributed by atoms with Crippen molar-refractivity contribution in [1.82, 2.24) is 30.2 Å². The summed E-state index contributed by atoms with van der Waals surface area (Å²) in [7, 11) is -2.59. The average Bonchev–Trinajstić information content (AvgIpc) is 3.74. The third-order valence-electron chi connectivity index (χ3n) is 7.90. The predicted molar refractivity (Wildman–Crippen MR) is 193 cm³/mol. The minimum atomic E-state index is -2.59. The van der Waals surface area contributed by atoms with Gasteiger partial charge in [-0.3, -0.25) is 0 Å². The molecule has 0 aliphatic carbocycles. The Labute approximate surface area is 296 Å². The summed E-state index contributed by atoms with van der Waals surface area (Å²) in [5.74, 6) is 1.92. The van der Waals surface area contributed by atoms with Crippen molar-refractivity contribution in [2.24, 2.45) is 0 Å². The SMILES string of the molecule is Cc1nc(Cl)ccc1-c1nc(CCO)no1.Cc1nc(Cl)ccc1-c1nc(CCO[Si](c2ccccc2)(c2ccccc2)C(C)(C)C)no1. The van der Waals surface area contributed by atoms with Crippen LogP contribution in [-0.2, 0) is 17.3 Å². The number of hydrogen-bond acceptors (Lipinski definition) is 10. The number of benzene rings is 2. The molecule has 6 rings (SSSR count). The van der Waals surface area contributed by atoms with E-state index in [9.17, 15) is 0 Å². The van der Waals surface area contributed by atoms with Crippen LogP contribution in [0.3, 0.4) is 0 Å². The lowest BCUT2D eigenvalue weighted by Gasteiger charge is -2.43. The Balaban J connectivity index is 0.000000244. The van der Waals surface area contributed by atoms with E-state index in [2.05, 4.69) is 99.6 Å². The third-order valence-corrected chi connectivity index (χ3v) is 13.4. The van der Waals surface area contributed by atoms with Crippen molar-refractivity contribution in [1.29, 1.82) is 0 Å². The topological polar surface area (TPSA) is 133 Å². The molecule has 0 unspecified atom stereocenters. The van der Waals surface area contributed by atoms with Crippen molar-refractivity contribution in [3.8, 4) is 22.9 Å². The molecule has 1 N–H and O–H groups in total. The Bertz CT molecular complexity index is 1930. The number of rotatable bonds is 10.